The normalized spacial score (nSPS) is 14.1. The van der Waals surface area contributed by atoms with Gasteiger partial charge in [-0.05, 0) is 44.4 Å². The Hall–Kier alpha value is -2.76. The van der Waals surface area contributed by atoms with Gasteiger partial charge in [-0.3, -0.25) is 9.89 Å². The van der Waals surface area contributed by atoms with Crippen molar-refractivity contribution in [3.63, 3.8) is 0 Å². The standard InChI is InChI=1S/C19H24N4O2/c1-12(2)13-6-5-7-14(10-13)19(3,4)20-18(25)23-9-8-15-16(11-23)21-22-17(15)24/h5-7,10H,1,8-9,11H2,2-4H3,(H,20,25)(H2,21,22,24). The third-order valence-electron chi connectivity index (χ3n) is 4.73. The first-order valence-electron chi connectivity index (χ1n) is 8.40. The van der Waals surface area contributed by atoms with Gasteiger partial charge in [0.15, 0.2) is 0 Å². The number of nitrogens with one attached hydrogen (secondary N) is 3. The minimum absolute atomic E-state index is 0.0907. The zero-order chi connectivity index (χ0) is 18.2. The molecule has 2 aromatic rings. The van der Waals surface area contributed by atoms with Gasteiger partial charge in [0.1, 0.15) is 0 Å². The molecule has 3 N–H and O–H groups in total. The predicted molar refractivity (Wildman–Crippen MR) is 98.2 cm³/mol. The lowest BCUT2D eigenvalue weighted by Crippen LogP contribution is -2.50. The number of hydrogen-bond acceptors (Lipinski definition) is 2. The number of urea groups is 1. The van der Waals surface area contributed by atoms with Crippen molar-refractivity contribution < 1.29 is 4.79 Å². The molecule has 6 nitrogen and oxygen atoms in total. The molecule has 1 aliphatic heterocycles. The van der Waals surface area contributed by atoms with E-state index in [0.29, 0.717) is 19.5 Å². The molecule has 1 aromatic heterocycles. The van der Waals surface area contributed by atoms with Crippen LogP contribution < -0.4 is 10.9 Å². The molecule has 2 heterocycles. The highest BCUT2D eigenvalue weighted by molar-refractivity contribution is 5.75. The van der Waals surface area contributed by atoms with E-state index in [9.17, 15) is 9.59 Å². The fraction of sp³-hybridized carbons (Fsp3) is 0.368. The number of H-pyrrole nitrogens is 2. The van der Waals surface area contributed by atoms with Crippen LogP contribution in [0.2, 0.25) is 0 Å². The summed E-state index contributed by atoms with van der Waals surface area (Å²) in [7, 11) is 0. The van der Waals surface area contributed by atoms with E-state index in [0.717, 1.165) is 28.0 Å². The van der Waals surface area contributed by atoms with Crippen molar-refractivity contribution in [1.82, 2.24) is 20.4 Å². The van der Waals surface area contributed by atoms with Gasteiger partial charge in [-0.15, -0.1) is 0 Å². The smallest absolute Gasteiger partial charge is 0.318 e. The number of nitrogens with zero attached hydrogens (tertiary/aromatic N) is 1. The van der Waals surface area contributed by atoms with E-state index in [2.05, 4.69) is 28.2 Å². The third-order valence-corrected chi connectivity index (χ3v) is 4.73. The first kappa shape index (κ1) is 17.1. The summed E-state index contributed by atoms with van der Waals surface area (Å²) in [6.07, 6.45) is 0.563. The van der Waals surface area contributed by atoms with E-state index >= 15 is 0 Å². The molecule has 0 spiro atoms. The molecule has 0 atom stereocenters. The summed E-state index contributed by atoms with van der Waals surface area (Å²) < 4.78 is 0. The zero-order valence-corrected chi connectivity index (χ0v) is 14.9. The molecule has 0 fully saturated rings. The third kappa shape index (κ3) is 3.38. The van der Waals surface area contributed by atoms with Gasteiger partial charge in [0, 0.05) is 12.1 Å². The summed E-state index contributed by atoms with van der Waals surface area (Å²) in [4.78, 5) is 26.1. The summed E-state index contributed by atoms with van der Waals surface area (Å²) >= 11 is 0. The van der Waals surface area contributed by atoms with Crippen molar-refractivity contribution in [2.45, 2.75) is 39.3 Å². The molecule has 0 unspecified atom stereocenters. The number of aromatic nitrogens is 2. The Morgan fingerprint density at radius 2 is 2.08 bits per heavy atom. The lowest BCUT2D eigenvalue weighted by molar-refractivity contribution is 0.180. The Labute approximate surface area is 146 Å². The number of allylic oxidation sites excluding steroid dienone is 1. The average molecular weight is 340 g/mol. The molecule has 6 heteroatoms. The molecule has 0 saturated carbocycles. The van der Waals surface area contributed by atoms with Crippen LogP contribution in [0.25, 0.3) is 5.57 Å². The number of benzene rings is 1. The molecule has 0 bridgehead atoms. The fourth-order valence-corrected chi connectivity index (χ4v) is 3.10. The number of fused-ring (bicyclic) bond motifs is 1. The number of rotatable bonds is 3. The van der Waals surface area contributed by atoms with E-state index in [1.807, 2.05) is 39.0 Å². The number of hydrogen-bond donors (Lipinski definition) is 3. The van der Waals surface area contributed by atoms with Crippen LogP contribution in [0.5, 0.6) is 0 Å². The Morgan fingerprint density at radius 3 is 2.80 bits per heavy atom. The summed E-state index contributed by atoms with van der Waals surface area (Å²) in [5.41, 5.74) is 4.00. The Morgan fingerprint density at radius 1 is 1.32 bits per heavy atom. The minimum atomic E-state index is -0.519. The molecule has 2 amide bonds. The van der Waals surface area contributed by atoms with Gasteiger partial charge in [0.25, 0.3) is 5.56 Å². The molecule has 132 valence electrons. The molecule has 1 aliphatic rings. The summed E-state index contributed by atoms with van der Waals surface area (Å²) in [5.74, 6) is 0. The SMILES string of the molecule is C=C(C)c1cccc(C(C)(C)NC(=O)N2CCc3c([nH][nH]c3=O)C2)c1. The van der Waals surface area contributed by atoms with Crippen molar-refractivity contribution in [2.24, 2.45) is 0 Å². The second-order valence-corrected chi connectivity index (χ2v) is 7.12. The quantitative estimate of drug-likeness (QED) is 0.803. The number of carbonyl (C=O) groups excluding carboxylic acids is 1. The number of carbonyl (C=O) groups is 1. The Kier molecular flexibility index (Phi) is 4.29. The van der Waals surface area contributed by atoms with Crippen LogP contribution >= 0.6 is 0 Å². The monoisotopic (exact) mass is 340 g/mol. The molecule has 0 aliphatic carbocycles. The van der Waals surface area contributed by atoms with Crippen molar-refractivity contribution in [3.05, 3.63) is 63.6 Å². The molecular formula is C19H24N4O2. The second kappa shape index (κ2) is 6.27. The Bertz CT molecular complexity index is 876. The van der Waals surface area contributed by atoms with E-state index in [1.54, 1.807) is 4.90 Å². The zero-order valence-electron chi connectivity index (χ0n) is 14.9. The molecule has 0 saturated heterocycles. The maximum absolute atomic E-state index is 12.7. The van der Waals surface area contributed by atoms with Gasteiger partial charge in [-0.2, -0.15) is 0 Å². The van der Waals surface area contributed by atoms with E-state index in [-0.39, 0.29) is 11.6 Å². The first-order valence-corrected chi connectivity index (χ1v) is 8.40. The van der Waals surface area contributed by atoms with Gasteiger partial charge in [0.05, 0.1) is 17.8 Å². The van der Waals surface area contributed by atoms with Crippen molar-refractivity contribution in [3.8, 4) is 0 Å². The lowest BCUT2D eigenvalue weighted by atomic mass is 9.91. The molecule has 1 aromatic carbocycles. The van der Waals surface area contributed by atoms with Crippen LogP contribution in [0.3, 0.4) is 0 Å². The van der Waals surface area contributed by atoms with Gasteiger partial charge in [-0.1, -0.05) is 30.4 Å². The second-order valence-electron chi connectivity index (χ2n) is 7.12. The molecule has 0 radical (unpaired) electrons. The van der Waals surface area contributed by atoms with E-state index in [1.165, 1.54) is 0 Å². The van der Waals surface area contributed by atoms with Crippen molar-refractivity contribution in [2.75, 3.05) is 6.54 Å². The molecule has 3 rings (SSSR count). The van der Waals surface area contributed by atoms with Crippen LogP contribution in [-0.4, -0.2) is 27.7 Å². The maximum Gasteiger partial charge on any atom is 0.318 e. The number of amides is 2. The van der Waals surface area contributed by atoms with Crippen molar-refractivity contribution in [1.29, 1.82) is 0 Å². The van der Waals surface area contributed by atoms with Crippen LogP contribution in [0.15, 0.2) is 35.6 Å². The van der Waals surface area contributed by atoms with E-state index in [4.69, 9.17) is 0 Å². The van der Waals surface area contributed by atoms with Gasteiger partial charge in [-0.25, -0.2) is 4.79 Å². The van der Waals surface area contributed by atoms with Crippen molar-refractivity contribution >= 4 is 11.6 Å². The van der Waals surface area contributed by atoms with Crippen LogP contribution in [0.1, 0.15) is 43.2 Å². The fourth-order valence-electron chi connectivity index (χ4n) is 3.10. The van der Waals surface area contributed by atoms with Gasteiger partial charge in [0.2, 0.25) is 0 Å². The highest BCUT2D eigenvalue weighted by atomic mass is 16.2. The average Bonchev–Trinajstić information content (AvgIpc) is 2.95. The predicted octanol–water partition coefficient (Wildman–Crippen LogP) is 2.74. The molecule has 25 heavy (non-hydrogen) atoms. The van der Waals surface area contributed by atoms with Gasteiger partial charge >= 0.3 is 6.03 Å². The lowest BCUT2D eigenvalue weighted by Gasteiger charge is -2.33. The molecular weight excluding hydrogens is 316 g/mol. The van der Waals surface area contributed by atoms with Crippen LogP contribution in [0.4, 0.5) is 4.79 Å². The van der Waals surface area contributed by atoms with Crippen LogP contribution in [-0.2, 0) is 18.5 Å². The highest BCUT2D eigenvalue weighted by Gasteiger charge is 2.29. The van der Waals surface area contributed by atoms with E-state index < -0.39 is 5.54 Å². The summed E-state index contributed by atoms with van der Waals surface area (Å²) in [6, 6.07) is 7.91. The largest absolute Gasteiger partial charge is 0.329 e. The topological polar surface area (TPSA) is 81.0 Å². The minimum Gasteiger partial charge on any atom is -0.329 e. The Balaban J connectivity index is 1.75. The highest BCUT2D eigenvalue weighted by Crippen LogP contribution is 2.24. The number of aromatic amines is 2. The summed E-state index contributed by atoms with van der Waals surface area (Å²) in [5, 5.41) is 8.54. The summed E-state index contributed by atoms with van der Waals surface area (Å²) in [6.45, 7) is 10.8. The van der Waals surface area contributed by atoms with Crippen LogP contribution in [0, 0.1) is 0 Å². The first-order chi connectivity index (χ1) is 11.8. The maximum atomic E-state index is 12.7. The van der Waals surface area contributed by atoms with Gasteiger partial charge < -0.3 is 15.3 Å².